The number of hydrogen-bond donors (Lipinski definition) is 2. The number of hydrogen-bond acceptors (Lipinski definition) is 4. The molecule has 3 rings (SSSR count). The number of halogens is 4. The fraction of sp³-hybridized carbons (Fsp3) is 0.375. The number of carboxylic acids is 1. The molecule has 0 saturated carbocycles. The zero-order chi connectivity index (χ0) is 20.7. The molecule has 0 fully saturated rings. The summed E-state index contributed by atoms with van der Waals surface area (Å²) in [5, 5.41) is 12.9. The first kappa shape index (κ1) is 20.8. The summed E-state index contributed by atoms with van der Waals surface area (Å²) in [4.78, 5) is 10.4. The topological polar surface area (TPSA) is 101 Å². The minimum Gasteiger partial charge on any atom is -0.480 e. The van der Waals surface area contributed by atoms with Gasteiger partial charge in [0.05, 0.1) is 22.7 Å². The molecule has 1 atom stereocenters. The maximum Gasteiger partial charge on any atom is 0.416 e. The lowest BCUT2D eigenvalue weighted by atomic mass is 9.94. The second-order valence-corrected chi connectivity index (χ2v) is 8.97. The van der Waals surface area contributed by atoms with Crippen LogP contribution in [-0.4, -0.2) is 29.3 Å². The maximum absolute atomic E-state index is 13.0. The highest BCUT2D eigenvalue weighted by Gasteiger charge is 2.34. The van der Waals surface area contributed by atoms with Crippen molar-refractivity contribution in [1.82, 2.24) is 14.5 Å². The maximum atomic E-state index is 13.0. The second kappa shape index (κ2) is 7.48. The van der Waals surface area contributed by atoms with Gasteiger partial charge in [0, 0.05) is 15.7 Å². The van der Waals surface area contributed by atoms with Crippen LogP contribution in [0.1, 0.15) is 35.7 Å². The number of aromatic nitrogens is 2. The van der Waals surface area contributed by atoms with Gasteiger partial charge in [0.15, 0.2) is 0 Å². The minimum atomic E-state index is -4.69. The Kier molecular flexibility index (Phi) is 5.56. The van der Waals surface area contributed by atoms with E-state index < -0.39 is 38.7 Å². The van der Waals surface area contributed by atoms with E-state index in [2.05, 4.69) is 25.8 Å². The molecule has 0 saturated heterocycles. The molecule has 28 heavy (non-hydrogen) atoms. The smallest absolute Gasteiger partial charge is 0.416 e. The lowest BCUT2D eigenvalue weighted by Gasteiger charge is -2.24. The number of benzene rings is 1. The van der Waals surface area contributed by atoms with Crippen molar-refractivity contribution < 1.29 is 31.5 Å². The molecule has 1 aromatic carbocycles. The number of nitrogens with one attached hydrogen (secondary N) is 1. The van der Waals surface area contributed by atoms with E-state index >= 15 is 0 Å². The summed E-state index contributed by atoms with van der Waals surface area (Å²) in [7, 11) is -4.26. The van der Waals surface area contributed by atoms with Gasteiger partial charge in [-0.15, -0.1) is 0 Å². The average molecular weight is 482 g/mol. The van der Waals surface area contributed by atoms with Crippen molar-refractivity contribution in [2.24, 2.45) is 0 Å². The predicted molar refractivity (Wildman–Crippen MR) is 95.0 cm³/mol. The van der Waals surface area contributed by atoms with Gasteiger partial charge in [-0.25, -0.2) is 13.1 Å². The summed E-state index contributed by atoms with van der Waals surface area (Å²) >= 11 is 2.91. The summed E-state index contributed by atoms with van der Waals surface area (Å²) in [6.07, 6.45) is -1.75. The lowest BCUT2D eigenvalue weighted by molar-refractivity contribution is -0.138. The minimum absolute atomic E-state index is 0.0127. The van der Waals surface area contributed by atoms with Crippen molar-refractivity contribution in [3.05, 3.63) is 45.7 Å². The van der Waals surface area contributed by atoms with Crippen molar-refractivity contribution in [1.29, 1.82) is 0 Å². The Morgan fingerprint density at radius 1 is 1.36 bits per heavy atom. The van der Waals surface area contributed by atoms with E-state index in [-0.39, 0.29) is 11.0 Å². The van der Waals surface area contributed by atoms with Gasteiger partial charge in [-0.3, -0.25) is 9.48 Å². The molecule has 2 aromatic rings. The molecule has 1 heterocycles. The Bertz CT molecular complexity index is 1020. The number of nitrogens with zero attached hydrogens (tertiary/aromatic N) is 2. The molecular weight excluding hydrogens is 467 g/mol. The van der Waals surface area contributed by atoms with Crippen molar-refractivity contribution in [3.8, 4) is 0 Å². The normalized spacial score (nSPS) is 17.4. The molecule has 0 spiro atoms. The van der Waals surface area contributed by atoms with Crippen LogP contribution in [0.25, 0.3) is 0 Å². The third-order valence-corrected chi connectivity index (χ3v) is 6.26. The van der Waals surface area contributed by atoms with Gasteiger partial charge in [-0.05, 0) is 37.5 Å². The van der Waals surface area contributed by atoms with Gasteiger partial charge in [-0.2, -0.15) is 18.3 Å². The molecule has 0 bridgehead atoms. The van der Waals surface area contributed by atoms with Gasteiger partial charge in [0.1, 0.15) is 6.54 Å². The molecule has 1 aliphatic rings. The largest absolute Gasteiger partial charge is 0.480 e. The summed E-state index contributed by atoms with van der Waals surface area (Å²) in [6.45, 7) is -0.352. The Morgan fingerprint density at radius 3 is 2.71 bits per heavy atom. The molecule has 1 unspecified atom stereocenters. The molecule has 1 aliphatic carbocycles. The third kappa shape index (κ3) is 4.39. The molecule has 12 heteroatoms. The van der Waals surface area contributed by atoms with Gasteiger partial charge in [0.2, 0.25) is 10.0 Å². The van der Waals surface area contributed by atoms with Crippen molar-refractivity contribution in [2.45, 2.75) is 42.9 Å². The molecule has 1 aromatic heterocycles. The van der Waals surface area contributed by atoms with E-state index in [1.165, 1.54) is 10.9 Å². The number of carbonyl (C=O) groups is 1. The van der Waals surface area contributed by atoms with Crippen LogP contribution in [0.3, 0.4) is 0 Å². The van der Waals surface area contributed by atoms with Crippen LogP contribution >= 0.6 is 15.9 Å². The van der Waals surface area contributed by atoms with Crippen molar-refractivity contribution in [2.75, 3.05) is 0 Å². The van der Waals surface area contributed by atoms with Gasteiger partial charge in [-0.1, -0.05) is 15.9 Å². The second-order valence-electron chi connectivity index (χ2n) is 6.34. The lowest BCUT2D eigenvalue weighted by Crippen LogP contribution is -2.31. The van der Waals surface area contributed by atoms with E-state index in [1.54, 1.807) is 0 Å². The fourth-order valence-electron chi connectivity index (χ4n) is 3.14. The number of rotatable bonds is 5. The Balaban J connectivity index is 1.92. The molecule has 7 nitrogen and oxygen atoms in total. The van der Waals surface area contributed by atoms with E-state index in [4.69, 9.17) is 5.11 Å². The van der Waals surface area contributed by atoms with Gasteiger partial charge < -0.3 is 5.11 Å². The van der Waals surface area contributed by atoms with Crippen molar-refractivity contribution in [3.63, 3.8) is 0 Å². The Hall–Kier alpha value is -1.92. The number of fused-ring (bicyclic) bond motifs is 1. The number of carboxylic acid groups (broad SMARTS) is 1. The van der Waals surface area contributed by atoms with Gasteiger partial charge in [0.25, 0.3) is 0 Å². The monoisotopic (exact) mass is 481 g/mol. The average Bonchev–Trinajstić information content (AvgIpc) is 2.97. The van der Waals surface area contributed by atoms with E-state index in [0.717, 1.165) is 12.1 Å². The molecule has 0 radical (unpaired) electrons. The quantitative estimate of drug-likeness (QED) is 0.683. The number of aliphatic carboxylic acids is 1. The van der Waals surface area contributed by atoms with Crippen LogP contribution in [-0.2, 0) is 34.0 Å². The summed E-state index contributed by atoms with van der Waals surface area (Å²) in [5.41, 5.74) is 0.0505. The summed E-state index contributed by atoms with van der Waals surface area (Å²) in [5.74, 6) is -1.08. The van der Waals surface area contributed by atoms with Crippen LogP contribution in [0, 0.1) is 0 Å². The van der Waals surface area contributed by atoms with Crippen molar-refractivity contribution >= 4 is 31.9 Å². The molecular formula is C16H15BrF3N3O4S. The predicted octanol–water partition coefficient (Wildman–Crippen LogP) is 3.10. The van der Waals surface area contributed by atoms with Gasteiger partial charge >= 0.3 is 12.1 Å². The van der Waals surface area contributed by atoms with Crippen LogP contribution < -0.4 is 4.72 Å². The zero-order valence-corrected chi connectivity index (χ0v) is 16.6. The first-order chi connectivity index (χ1) is 13.0. The summed E-state index contributed by atoms with van der Waals surface area (Å²) in [6, 6.07) is 1.76. The highest BCUT2D eigenvalue weighted by atomic mass is 79.9. The first-order valence-electron chi connectivity index (χ1n) is 8.14. The highest BCUT2D eigenvalue weighted by molar-refractivity contribution is 9.10. The van der Waals surface area contributed by atoms with Crippen LogP contribution in [0.2, 0.25) is 0 Å². The standard InChI is InChI=1S/C16H15BrF3N3O4S/c17-10-4-9(16(18,19)20)5-11(6-10)28(26,27)22-13-2-1-3-14-12(13)7-21-23(14)8-15(24)25/h4-7,13,22H,1-3,8H2,(H,24,25). The Labute approximate surface area is 166 Å². The first-order valence-corrected chi connectivity index (χ1v) is 10.4. The SMILES string of the molecule is O=C(O)Cn1ncc2c1CCCC2NS(=O)(=O)c1cc(Br)cc(C(F)(F)F)c1. The third-order valence-electron chi connectivity index (χ3n) is 4.35. The number of alkyl halides is 3. The highest BCUT2D eigenvalue weighted by Crippen LogP contribution is 2.35. The summed E-state index contributed by atoms with van der Waals surface area (Å²) < 4.78 is 68.1. The molecule has 2 N–H and O–H groups in total. The number of sulfonamides is 1. The zero-order valence-electron chi connectivity index (χ0n) is 14.2. The van der Waals surface area contributed by atoms with Crippen LogP contribution in [0.4, 0.5) is 13.2 Å². The molecule has 0 aliphatic heterocycles. The molecule has 152 valence electrons. The molecule has 0 amide bonds. The van der Waals surface area contributed by atoms with E-state index in [0.29, 0.717) is 36.6 Å². The van der Waals surface area contributed by atoms with Crippen LogP contribution in [0.15, 0.2) is 33.8 Å². The van der Waals surface area contributed by atoms with E-state index in [9.17, 15) is 26.4 Å². The van der Waals surface area contributed by atoms with E-state index in [1.807, 2.05) is 0 Å². The Morgan fingerprint density at radius 2 is 2.07 bits per heavy atom. The fourth-order valence-corrected chi connectivity index (χ4v) is 5.11. The van der Waals surface area contributed by atoms with Crippen LogP contribution in [0.5, 0.6) is 0 Å².